The molecule has 0 radical (unpaired) electrons. The number of carbonyl (C=O) groups excluding carboxylic acids is 1. The molecule has 24 heavy (non-hydrogen) atoms. The first-order valence-corrected chi connectivity index (χ1v) is 7.90. The van der Waals surface area contributed by atoms with Crippen LogP contribution in [0.3, 0.4) is 0 Å². The summed E-state index contributed by atoms with van der Waals surface area (Å²) in [5.41, 5.74) is 0.738. The number of nitrogens with zero attached hydrogens (tertiary/aromatic N) is 1. The van der Waals surface area contributed by atoms with E-state index < -0.39 is 5.63 Å². The quantitative estimate of drug-likeness (QED) is 0.668. The van der Waals surface area contributed by atoms with Gasteiger partial charge in [-0.05, 0) is 36.8 Å². The van der Waals surface area contributed by atoms with Crippen LogP contribution in [0.15, 0.2) is 63.8 Å². The zero-order valence-corrected chi connectivity index (χ0v) is 14.1. The second-order valence-corrected chi connectivity index (χ2v) is 6.07. The normalized spacial score (nSPS) is 12.1. The summed E-state index contributed by atoms with van der Waals surface area (Å²) in [6, 6.07) is 15.7. The minimum Gasteiger partial charge on any atom is -0.422 e. The standard InChI is InChI=1S/C19H16ClNO3/c1-12(13-7-5-8-15(20)10-13)21(2)18(22)16-11-14-6-3-4-9-17(14)24-19(16)23/h3-12H,1-2H3. The molecule has 0 fully saturated rings. The number of fused-ring (bicyclic) bond motifs is 1. The zero-order valence-electron chi connectivity index (χ0n) is 13.3. The van der Waals surface area contributed by atoms with Crippen molar-refractivity contribution in [2.24, 2.45) is 0 Å². The summed E-state index contributed by atoms with van der Waals surface area (Å²) in [6.45, 7) is 1.88. The number of hydrogen-bond acceptors (Lipinski definition) is 3. The molecule has 0 saturated heterocycles. The first-order valence-electron chi connectivity index (χ1n) is 7.53. The van der Waals surface area contributed by atoms with Gasteiger partial charge < -0.3 is 9.32 Å². The molecule has 0 spiro atoms. The van der Waals surface area contributed by atoms with Crippen molar-refractivity contribution in [1.29, 1.82) is 0 Å². The summed E-state index contributed by atoms with van der Waals surface area (Å²) in [6.07, 6.45) is 0. The van der Waals surface area contributed by atoms with Crippen molar-refractivity contribution in [3.63, 3.8) is 0 Å². The van der Waals surface area contributed by atoms with Crippen molar-refractivity contribution < 1.29 is 9.21 Å². The number of rotatable bonds is 3. The Labute approximate surface area is 144 Å². The average Bonchev–Trinajstić information content (AvgIpc) is 2.59. The van der Waals surface area contributed by atoms with Crippen LogP contribution in [-0.2, 0) is 0 Å². The van der Waals surface area contributed by atoms with Crippen molar-refractivity contribution in [1.82, 2.24) is 4.90 Å². The Hall–Kier alpha value is -2.59. The average molecular weight is 342 g/mol. The highest BCUT2D eigenvalue weighted by Crippen LogP contribution is 2.23. The molecule has 1 aromatic heterocycles. The molecule has 3 rings (SSSR count). The van der Waals surface area contributed by atoms with E-state index in [4.69, 9.17) is 16.0 Å². The van der Waals surface area contributed by atoms with Crippen molar-refractivity contribution in [2.45, 2.75) is 13.0 Å². The highest BCUT2D eigenvalue weighted by Gasteiger charge is 2.22. The fourth-order valence-corrected chi connectivity index (χ4v) is 2.77. The van der Waals surface area contributed by atoms with Gasteiger partial charge in [-0.3, -0.25) is 4.79 Å². The number of hydrogen-bond donors (Lipinski definition) is 0. The molecule has 0 aliphatic carbocycles. The van der Waals surface area contributed by atoms with Crippen molar-refractivity contribution in [3.05, 3.63) is 81.2 Å². The lowest BCUT2D eigenvalue weighted by Crippen LogP contribution is -2.32. The van der Waals surface area contributed by atoms with Crippen molar-refractivity contribution >= 4 is 28.5 Å². The Kier molecular flexibility index (Phi) is 4.40. The van der Waals surface area contributed by atoms with Crippen LogP contribution < -0.4 is 5.63 Å². The van der Waals surface area contributed by atoms with Crippen LogP contribution in [0.25, 0.3) is 11.0 Å². The van der Waals surface area contributed by atoms with Gasteiger partial charge in [0.2, 0.25) is 0 Å². The van der Waals surface area contributed by atoms with Gasteiger partial charge in [-0.1, -0.05) is 41.9 Å². The molecule has 1 unspecified atom stereocenters. The Bertz CT molecular complexity index is 964. The van der Waals surface area contributed by atoms with E-state index in [9.17, 15) is 9.59 Å². The van der Waals surface area contributed by atoms with E-state index in [1.165, 1.54) is 4.90 Å². The Balaban J connectivity index is 1.96. The van der Waals surface area contributed by atoms with Crippen LogP contribution in [-0.4, -0.2) is 17.9 Å². The summed E-state index contributed by atoms with van der Waals surface area (Å²) in [5.74, 6) is -0.387. The fourth-order valence-electron chi connectivity index (χ4n) is 2.57. The first-order chi connectivity index (χ1) is 11.5. The van der Waals surface area contributed by atoms with Crippen LogP contribution in [0.4, 0.5) is 0 Å². The molecule has 3 aromatic rings. The molecular formula is C19H16ClNO3. The predicted octanol–water partition coefficient (Wildman–Crippen LogP) is 4.28. The number of amides is 1. The highest BCUT2D eigenvalue weighted by molar-refractivity contribution is 6.30. The highest BCUT2D eigenvalue weighted by atomic mass is 35.5. The zero-order chi connectivity index (χ0) is 17.3. The predicted molar refractivity (Wildman–Crippen MR) is 94.4 cm³/mol. The molecule has 0 aliphatic rings. The molecule has 1 heterocycles. The molecular weight excluding hydrogens is 326 g/mol. The maximum absolute atomic E-state index is 12.7. The summed E-state index contributed by atoms with van der Waals surface area (Å²) in [4.78, 5) is 26.4. The SMILES string of the molecule is CC(c1cccc(Cl)c1)N(C)C(=O)c1cc2ccccc2oc1=O. The van der Waals surface area contributed by atoms with E-state index in [2.05, 4.69) is 0 Å². The lowest BCUT2D eigenvalue weighted by atomic mass is 10.1. The molecule has 0 aliphatic heterocycles. The summed E-state index contributed by atoms with van der Waals surface area (Å²) in [7, 11) is 1.66. The number of para-hydroxylation sites is 1. The smallest absolute Gasteiger partial charge is 0.349 e. The van der Waals surface area contributed by atoms with E-state index >= 15 is 0 Å². The third-order valence-corrected chi connectivity index (χ3v) is 4.34. The van der Waals surface area contributed by atoms with Crippen LogP contribution in [0.5, 0.6) is 0 Å². The number of halogens is 1. The monoisotopic (exact) mass is 341 g/mol. The molecule has 1 atom stereocenters. The van der Waals surface area contributed by atoms with Gasteiger partial charge in [0.25, 0.3) is 5.91 Å². The lowest BCUT2D eigenvalue weighted by Gasteiger charge is -2.25. The number of benzene rings is 2. The first kappa shape index (κ1) is 16.3. The van der Waals surface area contributed by atoms with Crippen LogP contribution in [0.2, 0.25) is 5.02 Å². The molecule has 0 saturated carbocycles. The number of carbonyl (C=O) groups is 1. The molecule has 0 bridgehead atoms. The van der Waals surface area contributed by atoms with Crippen molar-refractivity contribution in [2.75, 3.05) is 7.05 Å². The summed E-state index contributed by atoms with van der Waals surface area (Å²) in [5, 5.41) is 1.31. The summed E-state index contributed by atoms with van der Waals surface area (Å²) < 4.78 is 5.24. The Morgan fingerprint density at radius 2 is 1.88 bits per heavy atom. The fraction of sp³-hybridized carbons (Fsp3) is 0.158. The van der Waals surface area contributed by atoms with E-state index in [0.717, 1.165) is 5.56 Å². The van der Waals surface area contributed by atoms with E-state index in [1.54, 1.807) is 43.4 Å². The molecule has 5 heteroatoms. The molecule has 4 nitrogen and oxygen atoms in total. The van der Waals surface area contributed by atoms with Gasteiger partial charge >= 0.3 is 5.63 Å². The van der Waals surface area contributed by atoms with Crippen LogP contribution in [0, 0.1) is 0 Å². The van der Waals surface area contributed by atoms with Gasteiger partial charge in [0.1, 0.15) is 11.1 Å². The molecule has 2 aromatic carbocycles. The van der Waals surface area contributed by atoms with Gasteiger partial charge in [0.15, 0.2) is 0 Å². The second kappa shape index (κ2) is 6.49. The second-order valence-electron chi connectivity index (χ2n) is 5.63. The van der Waals surface area contributed by atoms with Crippen LogP contribution >= 0.6 is 11.6 Å². The third kappa shape index (κ3) is 3.05. The van der Waals surface area contributed by atoms with Gasteiger partial charge in [-0.25, -0.2) is 4.79 Å². The van der Waals surface area contributed by atoms with Gasteiger partial charge in [-0.15, -0.1) is 0 Å². The molecule has 0 N–H and O–H groups in total. The van der Waals surface area contributed by atoms with Crippen molar-refractivity contribution in [3.8, 4) is 0 Å². The maximum Gasteiger partial charge on any atom is 0.349 e. The largest absolute Gasteiger partial charge is 0.422 e. The minimum absolute atomic E-state index is 0.0186. The summed E-state index contributed by atoms with van der Waals surface area (Å²) >= 11 is 6.01. The molecule has 1 amide bonds. The molecule has 122 valence electrons. The van der Waals surface area contributed by atoms with Gasteiger partial charge in [0.05, 0.1) is 6.04 Å². The van der Waals surface area contributed by atoms with Crippen LogP contribution in [0.1, 0.15) is 28.9 Å². The maximum atomic E-state index is 12.7. The van der Waals surface area contributed by atoms with Gasteiger partial charge in [0, 0.05) is 17.5 Å². The lowest BCUT2D eigenvalue weighted by molar-refractivity contribution is 0.0738. The van der Waals surface area contributed by atoms with Gasteiger partial charge in [-0.2, -0.15) is 0 Å². The minimum atomic E-state index is -0.635. The third-order valence-electron chi connectivity index (χ3n) is 4.10. The van der Waals surface area contributed by atoms with E-state index in [0.29, 0.717) is 16.0 Å². The Morgan fingerprint density at radius 1 is 1.12 bits per heavy atom. The van der Waals surface area contributed by atoms with E-state index in [-0.39, 0.29) is 17.5 Å². The topological polar surface area (TPSA) is 50.5 Å². The van der Waals surface area contributed by atoms with E-state index in [1.807, 2.05) is 25.1 Å². The Morgan fingerprint density at radius 3 is 2.62 bits per heavy atom.